The topological polar surface area (TPSA) is 175 Å². The van der Waals surface area contributed by atoms with E-state index >= 15 is 0 Å². The minimum absolute atomic E-state index is 0.0104. The van der Waals surface area contributed by atoms with Crippen molar-refractivity contribution in [2.24, 2.45) is 7.05 Å². The number of hydrogen-bond donors (Lipinski definition) is 2. The first-order valence-corrected chi connectivity index (χ1v) is 13.4. The monoisotopic (exact) mass is 535 g/mol. The van der Waals surface area contributed by atoms with Crippen LogP contribution in [0.4, 0.5) is 0 Å². The number of aromatic amines is 1. The van der Waals surface area contributed by atoms with Crippen molar-refractivity contribution in [3.63, 3.8) is 0 Å². The van der Waals surface area contributed by atoms with E-state index in [1.165, 1.54) is 22.9 Å². The highest BCUT2D eigenvalue weighted by atomic mass is 32.2. The van der Waals surface area contributed by atoms with Gasteiger partial charge >= 0.3 is 0 Å². The van der Waals surface area contributed by atoms with Gasteiger partial charge in [-0.15, -0.1) is 10.1 Å². The summed E-state index contributed by atoms with van der Waals surface area (Å²) in [5.41, 5.74) is 1.44. The largest absolute Gasteiger partial charge is 0.493 e. The first-order chi connectivity index (χ1) is 17.6. The molecule has 0 unspecified atom stereocenters. The van der Waals surface area contributed by atoms with E-state index in [-0.39, 0.29) is 28.9 Å². The van der Waals surface area contributed by atoms with Crippen LogP contribution in [-0.2, 0) is 28.3 Å². The van der Waals surface area contributed by atoms with E-state index in [1.807, 2.05) is 11.8 Å². The Morgan fingerprint density at radius 1 is 1.30 bits per heavy atom. The molecule has 3 aromatic rings. The lowest BCUT2D eigenvalue weighted by atomic mass is 10.1. The molecule has 1 fully saturated rings. The minimum atomic E-state index is -3.91. The Morgan fingerprint density at radius 2 is 2.05 bits per heavy atom. The van der Waals surface area contributed by atoms with Gasteiger partial charge in [-0.05, 0) is 31.5 Å². The third-order valence-electron chi connectivity index (χ3n) is 5.95. The summed E-state index contributed by atoms with van der Waals surface area (Å²) in [5, 5.41) is 13.8. The van der Waals surface area contributed by atoms with Gasteiger partial charge in [-0.3, -0.25) is 14.4 Å². The zero-order valence-corrected chi connectivity index (χ0v) is 21.6. The Morgan fingerprint density at radius 3 is 2.73 bits per heavy atom. The van der Waals surface area contributed by atoms with E-state index in [0.717, 1.165) is 6.42 Å². The molecule has 1 saturated heterocycles. The van der Waals surface area contributed by atoms with Crippen LogP contribution in [0, 0.1) is 10.1 Å². The lowest BCUT2D eigenvalue weighted by Gasteiger charge is -2.39. The van der Waals surface area contributed by atoms with Crippen molar-refractivity contribution in [2.45, 2.75) is 37.6 Å². The Kier molecular flexibility index (Phi) is 7.75. The van der Waals surface area contributed by atoms with Gasteiger partial charge in [-0.2, -0.15) is 5.10 Å². The molecule has 37 heavy (non-hydrogen) atoms. The molecule has 0 bridgehead atoms. The number of hydrogen-bond acceptors (Lipinski definition) is 10. The molecule has 0 aliphatic carbocycles. The smallest absolute Gasteiger partial charge is 0.294 e. The summed E-state index contributed by atoms with van der Waals surface area (Å²) in [4.78, 5) is 36.7. The van der Waals surface area contributed by atoms with Gasteiger partial charge in [-0.1, -0.05) is 13.3 Å². The van der Waals surface area contributed by atoms with Crippen LogP contribution in [0.3, 0.4) is 0 Å². The minimum Gasteiger partial charge on any atom is -0.493 e. The molecule has 0 amide bonds. The second-order valence-corrected chi connectivity index (χ2v) is 10.4. The van der Waals surface area contributed by atoms with E-state index < -0.39 is 15.1 Å². The standard InChI is InChI=1S/C22H29N7O7S/c1-4-6-17-19-20(27(3)25-17)22(30)24-21(23-19)16-11-15(7-8-18(16)35-5-2)37(33,34)26-14-12-28(13-14)9-10-36-29(31)32/h7-8,11,14,26H,4-6,9-10,12-13H2,1-3H3,(H,23,24,30). The second kappa shape index (κ2) is 10.8. The number of fused-ring (bicyclic) bond motifs is 1. The maximum absolute atomic E-state index is 13.1. The second-order valence-electron chi connectivity index (χ2n) is 8.66. The van der Waals surface area contributed by atoms with Gasteiger partial charge in [-0.25, -0.2) is 18.1 Å². The predicted molar refractivity (Wildman–Crippen MR) is 133 cm³/mol. The van der Waals surface area contributed by atoms with Crippen LogP contribution in [0.1, 0.15) is 26.0 Å². The summed E-state index contributed by atoms with van der Waals surface area (Å²) in [6.07, 6.45) is 1.46. The number of ether oxygens (including phenoxy) is 1. The van der Waals surface area contributed by atoms with Crippen LogP contribution in [0.15, 0.2) is 27.9 Å². The lowest BCUT2D eigenvalue weighted by Crippen LogP contribution is -2.59. The average molecular weight is 536 g/mol. The zero-order chi connectivity index (χ0) is 26.7. The molecule has 0 saturated carbocycles. The molecule has 0 spiro atoms. The fourth-order valence-corrected chi connectivity index (χ4v) is 5.53. The number of benzene rings is 1. The van der Waals surface area contributed by atoms with Crippen LogP contribution in [0.2, 0.25) is 0 Å². The van der Waals surface area contributed by atoms with Crippen molar-refractivity contribution < 1.29 is 23.1 Å². The van der Waals surface area contributed by atoms with Gasteiger partial charge in [0.25, 0.3) is 10.6 Å². The number of likely N-dealkylation sites (tertiary alicyclic amines) is 1. The molecular weight excluding hydrogens is 506 g/mol. The number of nitrogens with one attached hydrogen (secondary N) is 2. The van der Waals surface area contributed by atoms with Crippen LogP contribution in [-0.4, -0.2) is 77.0 Å². The van der Waals surface area contributed by atoms with Crippen LogP contribution in [0.5, 0.6) is 5.75 Å². The molecule has 2 N–H and O–H groups in total. The van der Waals surface area contributed by atoms with Gasteiger partial charge < -0.3 is 14.6 Å². The Labute approximate surface area is 212 Å². The lowest BCUT2D eigenvalue weighted by molar-refractivity contribution is -0.757. The average Bonchev–Trinajstić information content (AvgIpc) is 3.13. The molecule has 1 aromatic carbocycles. The highest BCUT2D eigenvalue weighted by Crippen LogP contribution is 2.31. The van der Waals surface area contributed by atoms with Gasteiger partial charge in [0.2, 0.25) is 10.0 Å². The van der Waals surface area contributed by atoms with E-state index in [1.54, 1.807) is 14.0 Å². The molecule has 14 nitrogen and oxygen atoms in total. The molecule has 1 aliphatic rings. The molecule has 3 heterocycles. The molecule has 1 aliphatic heterocycles. The van der Waals surface area contributed by atoms with E-state index in [9.17, 15) is 23.3 Å². The normalized spacial score (nSPS) is 14.6. The molecule has 200 valence electrons. The summed E-state index contributed by atoms with van der Waals surface area (Å²) in [6, 6.07) is 4.04. The number of aromatic nitrogens is 4. The van der Waals surface area contributed by atoms with Crippen molar-refractivity contribution in [1.82, 2.24) is 29.4 Å². The SMILES string of the molecule is CCCc1nn(C)c2c(=O)[nH]c(-c3cc(S(=O)(=O)NC4CN(CCO[N+](=O)[O-])C4)ccc3OCC)nc12. The van der Waals surface area contributed by atoms with Gasteiger partial charge in [0.1, 0.15) is 23.7 Å². The van der Waals surface area contributed by atoms with E-state index in [0.29, 0.717) is 60.7 Å². The van der Waals surface area contributed by atoms with E-state index in [4.69, 9.17) is 4.74 Å². The predicted octanol–water partition coefficient (Wildman–Crippen LogP) is 0.846. The number of H-pyrrole nitrogens is 1. The Bertz CT molecular complexity index is 1460. The van der Waals surface area contributed by atoms with Crippen LogP contribution >= 0.6 is 0 Å². The summed E-state index contributed by atoms with van der Waals surface area (Å²) >= 11 is 0. The fraction of sp³-hybridized carbons (Fsp3) is 0.500. The molecule has 4 rings (SSSR count). The first-order valence-electron chi connectivity index (χ1n) is 11.9. The summed E-state index contributed by atoms with van der Waals surface area (Å²) in [6.45, 7) is 5.17. The van der Waals surface area contributed by atoms with Crippen molar-refractivity contribution >= 4 is 21.1 Å². The van der Waals surface area contributed by atoms with Crippen LogP contribution < -0.4 is 15.0 Å². The van der Waals surface area contributed by atoms with Crippen molar-refractivity contribution in [2.75, 3.05) is 32.8 Å². The number of rotatable bonds is 12. The highest BCUT2D eigenvalue weighted by molar-refractivity contribution is 7.89. The number of sulfonamides is 1. The zero-order valence-electron chi connectivity index (χ0n) is 20.8. The highest BCUT2D eigenvalue weighted by Gasteiger charge is 2.31. The van der Waals surface area contributed by atoms with Crippen molar-refractivity contribution in [3.8, 4) is 17.1 Å². The molecule has 0 atom stereocenters. The molecule has 15 heteroatoms. The molecule has 2 aromatic heterocycles. The number of nitrogens with zero attached hydrogens (tertiary/aromatic N) is 5. The number of aryl methyl sites for hydroxylation is 2. The maximum Gasteiger partial charge on any atom is 0.294 e. The van der Waals surface area contributed by atoms with Gasteiger partial charge in [0.15, 0.2) is 5.52 Å². The van der Waals surface area contributed by atoms with E-state index in [2.05, 4.69) is 24.6 Å². The van der Waals surface area contributed by atoms with Crippen molar-refractivity contribution in [1.29, 1.82) is 0 Å². The Balaban J connectivity index is 1.62. The third-order valence-corrected chi connectivity index (χ3v) is 7.47. The Hall–Kier alpha value is -3.56. The van der Waals surface area contributed by atoms with Crippen molar-refractivity contribution in [3.05, 3.63) is 44.4 Å². The fourth-order valence-electron chi connectivity index (χ4n) is 4.28. The van der Waals surface area contributed by atoms with Gasteiger partial charge in [0, 0.05) is 32.7 Å². The molecular formula is C22H29N7O7S. The first kappa shape index (κ1) is 26.5. The quantitative estimate of drug-likeness (QED) is 0.250. The summed E-state index contributed by atoms with van der Waals surface area (Å²) < 4.78 is 36.1. The summed E-state index contributed by atoms with van der Waals surface area (Å²) in [5.74, 6) is 0.564. The third kappa shape index (κ3) is 5.73. The van der Waals surface area contributed by atoms with Crippen LogP contribution in [0.25, 0.3) is 22.4 Å². The summed E-state index contributed by atoms with van der Waals surface area (Å²) in [7, 11) is -2.23. The maximum atomic E-state index is 13.1. The molecule has 0 radical (unpaired) electrons. The van der Waals surface area contributed by atoms with Gasteiger partial charge in [0.05, 0.1) is 22.8 Å².